The van der Waals surface area contributed by atoms with Crippen molar-refractivity contribution in [2.75, 3.05) is 0 Å². The van der Waals surface area contributed by atoms with Crippen molar-refractivity contribution in [2.24, 2.45) is 17.8 Å². The molecule has 2 rings (SSSR count). The second-order valence-corrected chi connectivity index (χ2v) is 9.18. The highest BCUT2D eigenvalue weighted by Gasteiger charge is 2.40. The van der Waals surface area contributed by atoms with Crippen molar-refractivity contribution in [3.05, 3.63) is 0 Å². The van der Waals surface area contributed by atoms with Gasteiger partial charge in [-0.2, -0.15) is 0 Å². The van der Waals surface area contributed by atoms with Crippen molar-refractivity contribution in [3.63, 3.8) is 0 Å². The summed E-state index contributed by atoms with van der Waals surface area (Å²) in [6.07, 6.45) is 14.7. The second kappa shape index (κ2) is 6.94. The van der Waals surface area contributed by atoms with Gasteiger partial charge in [-0.25, -0.2) is 0 Å². The van der Waals surface area contributed by atoms with E-state index in [1.165, 1.54) is 64.2 Å². The van der Waals surface area contributed by atoms with E-state index in [0.717, 1.165) is 17.8 Å². The molecule has 0 radical (unpaired) electrons. The molecule has 2 heteroatoms. The Labute approximate surface area is 120 Å². The summed E-state index contributed by atoms with van der Waals surface area (Å²) in [5, 5.41) is 0.367. The van der Waals surface area contributed by atoms with Crippen LogP contribution in [-0.2, 0) is 0 Å². The Morgan fingerprint density at radius 1 is 0.833 bits per heavy atom. The van der Waals surface area contributed by atoms with Gasteiger partial charge in [-0.15, -0.1) is 0 Å². The molecule has 0 aliphatic heterocycles. The maximum Gasteiger partial charge on any atom is -0.000657 e. The van der Waals surface area contributed by atoms with E-state index in [1.807, 2.05) is 0 Å². The molecular formula is C16H30ClP. The van der Waals surface area contributed by atoms with Crippen LogP contribution in [0.1, 0.15) is 78.1 Å². The molecule has 0 saturated heterocycles. The normalized spacial score (nSPS) is 25.3. The molecule has 0 aromatic rings. The first kappa shape index (κ1) is 15.1. The first-order valence-corrected chi connectivity index (χ1v) is 10.0. The van der Waals surface area contributed by atoms with Crippen molar-refractivity contribution in [3.8, 4) is 0 Å². The van der Waals surface area contributed by atoms with E-state index in [1.54, 1.807) is 0 Å². The predicted molar refractivity (Wildman–Crippen MR) is 84.9 cm³/mol. The fourth-order valence-corrected chi connectivity index (χ4v) is 5.59. The lowest BCUT2D eigenvalue weighted by molar-refractivity contribution is 0.115. The molecule has 0 spiro atoms. The molecule has 1 unspecified atom stereocenters. The summed E-state index contributed by atoms with van der Waals surface area (Å²) < 4.78 is 0. The Balaban J connectivity index is 2.10. The van der Waals surface area contributed by atoms with Gasteiger partial charge in [-0.1, -0.05) is 89.3 Å². The molecule has 2 saturated carbocycles. The Kier molecular flexibility index (Phi) is 5.83. The van der Waals surface area contributed by atoms with Crippen molar-refractivity contribution in [2.45, 2.75) is 83.2 Å². The fraction of sp³-hybridized carbons (Fsp3) is 1.00. The average Bonchev–Trinajstić information content (AvgIpc) is 2.41. The largest absolute Gasteiger partial charge is 0.0995 e. The van der Waals surface area contributed by atoms with Gasteiger partial charge in [0.1, 0.15) is 0 Å². The van der Waals surface area contributed by atoms with Crippen LogP contribution in [0, 0.1) is 17.8 Å². The number of hydrogen-bond acceptors (Lipinski definition) is 0. The summed E-state index contributed by atoms with van der Waals surface area (Å²) in [5.74, 6) is 2.85. The van der Waals surface area contributed by atoms with Crippen LogP contribution in [-0.4, -0.2) is 5.16 Å². The summed E-state index contributed by atoms with van der Waals surface area (Å²) in [4.78, 5) is 0. The smallest absolute Gasteiger partial charge is 0.000657 e. The summed E-state index contributed by atoms with van der Waals surface area (Å²) in [6.45, 7) is 4.87. The molecule has 0 aromatic heterocycles. The average molecular weight is 289 g/mol. The van der Waals surface area contributed by atoms with Crippen LogP contribution in [0.25, 0.3) is 0 Å². The highest BCUT2D eigenvalue weighted by atomic mass is 35.7. The molecule has 0 N–H and O–H groups in total. The molecular weight excluding hydrogens is 259 g/mol. The lowest BCUT2D eigenvalue weighted by Crippen LogP contribution is -2.39. The highest BCUT2D eigenvalue weighted by Crippen LogP contribution is 2.53. The number of rotatable bonds is 4. The highest BCUT2D eigenvalue weighted by molar-refractivity contribution is 7.69. The zero-order chi connectivity index (χ0) is 13.0. The monoisotopic (exact) mass is 288 g/mol. The van der Waals surface area contributed by atoms with Gasteiger partial charge < -0.3 is 0 Å². The standard InChI is InChI=1S/C16H30ClP/c1-16(2,18-17)15(13-9-5-3-6-10-13)14-11-7-4-8-12-14/h13-15,18H,3-12H2,1-2H3. The molecule has 18 heavy (non-hydrogen) atoms. The zero-order valence-electron chi connectivity index (χ0n) is 12.2. The van der Waals surface area contributed by atoms with E-state index < -0.39 is 0 Å². The van der Waals surface area contributed by atoms with Crippen LogP contribution in [0.15, 0.2) is 0 Å². The van der Waals surface area contributed by atoms with E-state index in [2.05, 4.69) is 13.8 Å². The van der Waals surface area contributed by atoms with E-state index in [9.17, 15) is 0 Å². The lowest BCUT2D eigenvalue weighted by atomic mass is 9.65. The maximum atomic E-state index is 6.35. The molecule has 2 fully saturated rings. The first-order chi connectivity index (χ1) is 8.65. The minimum Gasteiger partial charge on any atom is -0.0995 e. The van der Waals surface area contributed by atoms with E-state index in [4.69, 9.17) is 11.2 Å². The number of halogens is 1. The quantitative estimate of drug-likeness (QED) is 0.527. The van der Waals surface area contributed by atoms with Crippen LogP contribution in [0.3, 0.4) is 0 Å². The molecule has 1 atom stereocenters. The molecule has 106 valence electrons. The third-order valence-electron chi connectivity index (χ3n) is 5.39. The Hall–Kier alpha value is 0.720. The van der Waals surface area contributed by atoms with Crippen LogP contribution in [0.4, 0.5) is 0 Å². The minimum atomic E-state index is 0.367. The molecule has 0 aromatic carbocycles. The van der Waals surface area contributed by atoms with Crippen molar-refractivity contribution < 1.29 is 0 Å². The molecule has 2 aliphatic rings. The van der Waals surface area contributed by atoms with Crippen LogP contribution in [0.2, 0.25) is 0 Å². The van der Waals surface area contributed by atoms with Gasteiger partial charge in [0.2, 0.25) is 0 Å². The molecule has 2 aliphatic carbocycles. The predicted octanol–water partition coefficient (Wildman–Crippen LogP) is 6.37. The van der Waals surface area contributed by atoms with Crippen molar-refractivity contribution in [1.82, 2.24) is 0 Å². The third kappa shape index (κ3) is 3.63. The Morgan fingerprint density at radius 3 is 1.56 bits per heavy atom. The van der Waals surface area contributed by atoms with Gasteiger partial charge >= 0.3 is 0 Å². The van der Waals surface area contributed by atoms with Crippen LogP contribution >= 0.6 is 19.2 Å². The molecule has 0 nitrogen and oxygen atoms in total. The summed E-state index contributed by atoms with van der Waals surface area (Å²) in [7, 11) is 0.586. The zero-order valence-corrected chi connectivity index (χ0v) is 13.9. The van der Waals surface area contributed by atoms with Crippen molar-refractivity contribution >= 4 is 19.2 Å². The molecule has 0 amide bonds. The van der Waals surface area contributed by atoms with Gasteiger partial charge in [-0.3, -0.25) is 0 Å². The minimum absolute atomic E-state index is 0.367. The van der Waals surface area contributed by atoms with Gasteiger partial charge in [0.05, 0.1) is 0 Å². The van der Waals surface area contributed by atoms with Gasteiger partial charge in [-0.05, 0) is 30.8 Å². The van der Waals surface area contributed by atoms with Gasteiger partial charge in [0.15, 0.2) is 0 Å². The van der Waals surface area contributed by atoms with E-state index >= 15 is 0 Å². The maximum absolute atomic E-state index is 6.35. The molecule has 0 heterocycles. The van der Waals surface area contributed by atoms with Gasteiger partial charge in [0.25, 0.3) is 0 Å². The summed E-state index contributed by atoms with van der Waals surface area (Å²) >= 11 is 6.35. The van der Waals surface area contributed by atoms with E-state index in [-0.39, 0.29) is 0 Å². The fourth-order valence-electron chi connectivity index (χ4n) is 4.61. The van der Waals surface area contributed by atoms with Gasteiger partial charge in [0, 0.05) is 0 Å². The first-order valence-electron chi connectivity index (χ1n) is 8.03. The van der Waals surface area contributed by atoms with E-state index in [0.29, 0.717) is 13.1 Å². The van der Waals surface area contributed by atoms with Crippen LogP contribution in [0.5, 0.6) is 0 Å². The van der Waals surface area contributed by atoms with Crippen LogP contribution < -0.4 is 0 Å². The Morgan fingerprint density at radius 2 is 1.22 bits per heavy atom. The SMILES string of the molecule is CC(C)(PCl)C(C1CCCCC1)C1CCCCC1. The number of hydrogen-bond donors (Lipinski definition) is 0. The topological polar surface area (TPSA) is 0 Å². The summed E-state index contributed by atoms with van der Waals surface area (Å²) in [6, 6.07) is 0. The molecule has 0 bridgehead atoms. The third-order valence-corrected chi connectivity index (χ3v) is 7.67. The summed E-state index contributed by atoms with van der Waals surface area (Å²) in [5.41, 5.74) is 0. The van der Waals surface area contributed by atoms with Crippen molar-refractivity contribution in [1.29, 1.82) is 0 Å². The second-order valence-electron chi connectivity index (χ2n) is 7.14. The Bertz CT molecular complexity index is 221. The lowest BCUT2D eigenvalue weighted by Gasteiger charge is -2.46.